The van der Waals surface area contributed by atoms with E-state index in [2.05, 4.69) is 19.1 Å². The molecule has 0 aromatic rings. The molecule has 0 N–H and O–H groups in total. The molecule has 20 heavy (non-hydrogen) atoms. The van der Waals surface area contributed by atoms with Gasteiger partial charge in [0.25, 0.3) is 0 Å². The van der Waals surface area contributed by atoms with Crippen LogP contribution in [-0.4, -0.2) is 6.29 Å². The molecule has 116 valence electrons. The van der Waals surface area contributed by atoms with Gasteiger partial charge in [-0.1, -0.05) is 76.9 Å². The normalized spacial score (nSPS) is 10.7. The van der Waals surface area contributed by atoms with E-state index in [4.69, 9.17) is 0 Å². The Bertz CT molecular complexity index is 202. The SMILES string of the molecule is CCCCCCCC/C=C\CCCCCCC[C-]=O.[Nd]. The van der Waals surface area contributed by atoms with Crippen molar-refractivity contribution in [3.63, 3.8) is 0 Å². The van der Waals surface area contributed by atoms with Crippen molar-refractivity contribution in [1.82, 2.24) is 0 Å². The zero-order valence-corrected chi connectivity index (χ0v) is 16.7. The predicted octanol–water partition coefficient (Wildman–Crippen LogP) is 6.13. The summed E-state index contributed by atoms with van der Waals surface area (Å²) < 4.78 is 0. The van der Waals surface area contributed by atoms with E-state index in [9.17, 15) is 4.79 Å². The Hall–Kier alpha value is 0.761. The molecule has 2 heteroatoms. The van der Waals surface area contributed by atoms with Crippen LogP contribution in [0.15, 0.2) is 12.2 Å². The fourth-order valence-corrected chi connectivity index (χ4v) is 2.27. The summed E-state index contributed by atoms with van der Waals surface area (Å²) in [5.41, 5.74) is 0. The number of allylic oxidation sites excluding steroid dienone is 2. The Morgan fingerprint density at radius 2 is 1.15 bits per heavy atom. The van der Waals surface area contributed by atoms with Crippen LogP contribution in [0.5, 0.6) is 0 Å². The third-order valence-electron chi connectivity index (χ3n) is 3.54. The summed E-state index contributed by atoms with van der Waals surface area (Å²) in [4.78, 5) is 10.0. The summed E-state index contributed by atoms with van der Waals surface area (Å²) >= 11 is 0. The molecular formula is C18H33NdO-. The van der Waals surface area contributed by atoms with Crippen LogP contribution in [-0.2, 0) is 4.79 Å². The molecule has 0 fully saturated rings. The van der Waals surface area contributed by atoms with Gasteiger partial charge >= 0.3 is 0 Å². The van der Waals surface area contributed by atoms with Crippen LogP contribution < -0.4 is 0 Å². The number of hydrogen-bond acceptors (Lipinski definition) is 1. The van der Waals surface area contributed by atoms with Crippen LogP contribution >= 0.6 is 0 Å². The maximum atomic E-state index is 10.0. The average molecular weight is 410 g/mol. The first-order valence-corrected chi connectivity index (χ1v) is 8.41. The van der Waals surface area contributed by atoms with Crippen LogP contribution in [0.2, 0.25) is 0 Å². The molecule has 0 saturated carbocycles. The standard InChI is InChI=1S/C18H33O.Nd/c1-2-3-4-5-6-7-8-9-10-11-12-13-14-15-16-17-18-19;/h9-10H,2-8,11-17H2,1H3;/q-1;/b10-9-;. The zero-order valence-electron chi connectivity index (χ0n) is 13.5. The van der Waals surface area contributed by atoms with E-state index < -0.39 is 0 Å². The molecule has 0 aromatic carbocycles. The first kappa shape index (κ1) is 23.0. The first-order chi connectivity index (χ1) is 9.41. The topological polar surface area (TPSA) is 17.1 Å². The molecular weight excluding hydrogens is 376 g/mol. The molecule has 0 rings (SSSR count). The van der Waals surface area contributed by atoms with Gasteiger partial charge in [0.1, 0.15) is 0 Å². The van der Waals surface area contributed by atoms with Crippen molar-refractivity contribution < 1.29 is 45.6 Å². The Morgan fingerprint density at radius 1 is 0.700 bits per heavy atom. The van der Waals surface area contributed by atoms with Crippen molar-refractivity contribution >= 4 is 6.29 Å². The maximum absolute atomic E-state index is 10.0. The van der Waals surface area contributed by atoms with Gasteiger partial charge in [0.15, 0.2) is 0 Å². The summed E-state index contributed by atoms with van der Waals surface area (Å²) in [6.45, 7) is 2.27. The van der Waals surface area contributed by atoms with Gasteiger partial charge in [-0.2, -0.15) is 6.42 Å². The molecule has 0 bridgehead atoms. The molecule has 0 aliphatic rings. The molecule has 0 radical (unpaired) electrons. The third kappa shape index (κ3) is 21.1. The second-order valence-electron chi connectivity index (χ2n) is 5.48. The maximum Gasteiger partial charge on any atom is 0 e. The molecule has 0 aromatic heterocycles. The third-order valence-corrected chi connectivity index (χ3v) is 3.54. The van der Waals surface area contributed by atoms with Gasteiger partial charge in [0.2, 0.25) is 0 Å². The molecule has 0 spiro atoms. The number of unbranched alkanes of at least 4 members (excludes halogenated alkanes) is 12. The predicted molar refractivity (Wildman–Crippen MR) is 85.1 cm³/mol. The van der Waals surface area contributed by atoms with Gasteiger partial charge in [-0.05, 0) is 25.7 Å². The largest absolute Gasteiger partial charge is 0.542 e. The van der Waals surface area contributed by atoms with Crippen LogP contribution in [0.1, 0.15) is 96.8 Å². The van der Waals surface area contributed by atoms with Crippen LogP contribution in [0, 0.1) is 40.8 Å². The Morgan fingerprint density at radius 3 is 1.65 bits per heavy atom. The molecule has 0 saturated heterocycles. The van der Waals surface area contributed by atoms with Crippen molar-refractivity contribution in [1.29, 1.82) is 0 Å². The summed E-state index contributed by atoms with van der Waals surface area (Å²) in [6.07, 6.45) is 24.2. The van der Waals surface area contributed by atoms with Gasteiger partial charge in [-0.15, -0.1) is 0 Å². The van der Waals surface area contributed by atoms with Crippen LogP contribution in [0.4, 0.5) is 0 Å². The van der Waals surface area contributed by atoms with E-state index in [0.717, 1.165) is 6.42 Å². The molecule has 0 atom stereocenters. The molecule has 0 amide bonds. The van der Waals surface area contributed by atoms with Crippen molar-refractivity contribution in [2.24, 2.45) is 0 Å². The molecule has 0 aliphatic heterocycles. The van der Waals surface area contributed by atoms with Gasteiger partial charge in [-0.3, -0.25) is 6.29 Å². The van der Waals surface area contributed by atoms with Crippen molar-refractivity contribution in [2.45, 2.75) is 96.8 Å². The summed E-state index contributed by atoms with van der Waals surface area (Å²) in [6, 6.07) is 0. The quantitative estimate of drug-likeness (QED) is 0.180. The fraction of sp³-hybridized carbons (Fsp3) is 0.833. The molecule has 0 aliphatic carbocycles. The monoisotopic (exact) mass is 407 g/mol. The average Bonchev–Trinajstić information content (AvgIpc) is 2.43. The second kappa shape index (κ2) is 22.0. The number of carbonyl (C=O) groups excluding carboxylic acids is 1. The number of rotatable bonds is 15. The van der Waals surface area contributed by atoms with E-state index in [1.807, 2.05) is 6.29 Å². The molecule has 1 nitrogen and oxygen atoms in total. The van der Waals surface area contributed by atoms with Crippen molar-refractivity contribution in [3.8, 4) is 0 Å². The van der Waals surface area contributed by atoms with E-state index >= 15 is 0 Å². The second-order valence-corrected chi connectivity index (χ2v) is 5.48. The summed E-state index contributed by atoms with van der Waals surface area (Å²) in [5, 5.41) is 0. The van der Waals surface area contributed by atoms with Gasteiger partial charge in [-0.25, -0.2) is 0 Å². The Balaban J connectivity index is 0. The van der Waals surface area contributed by atoms with E-state index in [-0.39, 0.29) is 40.8 Å². The van der Waals surface area contributed by atoms with Gasteiger partial charge in [0, 0.05) is 40.8 Å². The first-order valence-electron chi connectivity index (χ1n) is 8.41. The fourth-order valence-electron chi connectivity index (χ4n) is 2.27. The molecule has 0 unspecified atom stereocenters. The minimum absolute atomic E-state index is 0. The van der Waals surface area contributed by atoms with Crippen molar-refractivity contribution in [3.05, 3.63) is 12.2 Å². The number of hydrogen-bond donors (Lipinski definition) is 0. The van der Waals surface area contributed by atoms with Gasteiger partial charge < -0.3 is 4.79 Å². The minimum Gasteiger partial charge on any atom is -0.542 e. The molecule has 0 heterocycles. The summed E-state index contributed by atoms with van der Waals surface area (Å²) in [5.74, 6) is 0. The Kier molecular flexibility index (Phi) is 25.4. The van der Waals surface area contributed by atoms with Crippen LogP contribution in [0.25, 0.3) is 0 Å². The van der Waals surface area contributed by atoms with E-state index in [1.54, 1.807) is 0 Å². The van der Waals surface area contributed by atoms with E-state index in [0.29, 0.717) is 6.42 Å². The zero-order chi connectivity index (χ0) is 14.0. The summed E-state index contributed by atoms with van der Waals surface area (Å²) in [7, 11) is 0. The smallest absolute Gasteiger partial charge is 0 e. The van der Waals surface area contributed by atoms with Crippen molar-refractivity contribution in [2.75, 3.05) is 0 Å². The van der Waals surface area contributed by atoms with E-state index in [1.165, 1.54) is 77.0 Å². The minimum atomic E-state index is 0. The Labute approximate surface area is 159 Å². The van der Waals surface area contributed by atoms with Crippen LogP contribution in [0.3, 0.4) is 0 Å². The van der Waals surface area contributed by atoms with Gasteiger partial charge in [0.05, 0.1) is 0 Å².